The second kappa shape index (κ2) is 8.49. The molecule has 2 N–H and O–H groups in total. The van der Waals surface area contributed by atoms with Crippen LogP contribution < -0.4 is 10.1 Å². The molecule has 130 valence electrons. The molecule has 24 heavy (non-hydrogen) atoms. The van der Waals surface area contributed by atoms with Crippen LogP contribution in [0.15, 0.2) is 36.5 Å². The highest BCUT2D eigenvalue weighted by Crippen LogP contribution is 2.21. The number of aliphatic hydroxyl groups is 1. The molecule has 1 unspecified atom stereocenters. The van der Waals surface area contributed by atoms with Gasteiger partial charge < -0.3 is 15.2 Å². The van der Waals surface area contributed by atoms with Crippen molar-refractivity contribution in [1.82, 2.24) is 15.1 Å². The van der Waals surface area contributed by atoms with Crippen LogP contribution in [0.1, 0.15) is 37.7 Å². The lowest BCUT2D eigenvalue weighted by Gasteiger charge is -2.13. The predicted octanol–water partition coefficient (Wildman–Crippen LogP) is 2.41. The molecule has 1 atom stereocenters. The highest BCUT2D eigenvalue weighted by Gasteiger charge is 2.21. The Bertz CT molecular complexity index is 649. The number of aromatic nitrogens is 2. The molecule has 6 nitrogen and oxygen atoms in total. The predicted molar refractivity (Wildman–Crippen MR) is 92.5 cm³/mol. The van der Waals surface area contributed by atoms with Gasteiger partial charge in [-0.05, 0) is 24.5 Å². The number of benzene rings is 1. The molecule has 0 radical (unpaired) electrons. The number of carbonyl (C=O) groups excluding carboxylic acids is 1. The Balaban J connectivity index is 2.29. The van der Waals surface area contributed by atoms with Gasteiger partial charge in [0.2, 0.25) is 0 Å². The minimum absolute atomic E-state index is 0.107. The number of ether oxygens (including phenoxy) is 1. The van der Waals surface area contributed by atoms with E-state index in [2.05, 4.69) is 10.4 Å². The molecule has 2 aromatic rings. The first kappa shape index (κ1) is 18.0. The monoisotopic (exact) mass is 331 g/mol. The SMILES string of the molecule is CCC(CO)NC(=O)c1nn(-c2ccccc2)cc1OCC(C)C. The molecule has 0 saturated heterocycles. The highest BCUT2D eigenvalue weighted by atomic mass is 16.5. The van der Waals surface area contributed by atoms with Gasteiger partial charge in [0.1, 0.15) is 0 Å². The van der Waals surface area contributed by atoms with Gasteiger partial charge in [0.05, 0.1) is 31.1 Å². The molecule has 2 rings (SSSR count). The lowest BCUT2D eigenvalue weighted by molar-refractivity contribution is 0.0904. The van der Waals surface area contributed by atoms with Crippen LogP contribution in [0.4, 0.5) is 0 Å². The Morgan fingerprint density at radius 2 is 2.04 bits per heavy atom. The van der Waals surface area contributed by atoms with E-state index in [9.17, 15) is 9.90 Å². The second-order valence-electron chi connectivity index (χ2n) is 6.09. The van der Waals surface area contributed by atoms with E-state index in [1.165, 1.54) is 0 Å². The number of hydrogen-bond acceptors (Lipinski definition) is 4. The summed E-state index contributed by atoms with van der Waals surface area (Å²) in [6, 6.07) is 9.25. The van der Waals surface area contributed by atoms with Crippen molar-refractivity contribution in [2.45, 2.75) is 33.2 Å². The van der Waals surface area contributed by atoms with Gasteiger partial charge in [-0.1, -0.05) is 39.0 Å². The maximum atomic E-state index is 12.5. The van der Waals surface area contributed by atoms with Gasteiger partial charge >= 0.3 is 0 Å². The molecular formula is C18H25N3O3. The van der Waals surface area contributed by atoms with Crippen molar-refractivity contribution in [3.8, 4) is 11.4 Å². The average Bonchev–Trinajstić information content (AvgIpc) is 3.03. The number of aliphatic hydroxyl groups excluding tert-OH is 1. The summed E-state index contributed by atoms with van der Waals surface area (Å²) >= 11 is 0. The molecule has 0 aliphatic heterocycles. The summed E-state index contributed by atoms with van der Waals surface area (Å²) in [7, 11) is 0. The first-order valence-corrected chi connectivity index (χ1v) is 8.24. The van der Waals surface area contributed by atoms with Gasteiger partial charge in [-0.25, -0.2) is 4.68 Å². The third-order valence-electron chi connectivity index (χ3n) is 3.54. The van der Waals surface area contributed by atoms with Crippen molar-refractivity contribution in [2.24, 2.45) is 5.92 Å². The van der Waals surface area contributed by atoms with Gasteiger partial charge in [-0.2, -0.15) is 5.10 Å². The first-order valence-electron chi connectivity index (χ1n) is 8.24. The third-order valence-corrected chi connectivity index (χ3v) is 3.54. The van der Waals surface area contributed by atoms with Crippen LogP contribution in [0.3, 0.4) is 0 Å². The molecule has 0 spiro atoms. The summed E-state index contributed by atoms with van der Waals surface area (Å²) in [5.41, 5.74) is 1.08. The minimum atomic E-state index is -0.343. The molecular weight excluding hydrogens is 306 g/mol. The third kappa shape index (κ3) is 4.58. The fraction of sp³-hybridized carbons (Fsp3) is 0.444. The Kier molecular flexibility index (Phi) is 6.37. The van der Waals surface area contributed by atoms with Crippen molar-refractivity contribution in [3.63, 3.8) is 0 Å². The average molecular weight is 331 g/mol. The number of para-hydroxylation sites is 1. The van der Waals surface area contributed by atoms with Gasteiger partial charge in [-0.15, -0.1) is 0 Å². The summed E-state index contributed by atoms with van der Waals surface area (Å²) in [4.78, 5) is 12.5. The summed E-state index contributed by atoms with van der Waals surface area (Å²) < 4.78 is 7.39. The number of nitrogens with zero attached hydrogens (tertiary/aromatic N) is 2. The van der Waals surface area contributed by atoms with Crippen LogP contribution in [0, 0.1) is 5.92 Å². The largest absolute Gasteiger partial charge is 0.489 e. The van der Waals surface area contributed by atoms with E-state index in [0.717, 1.165) is 5.69 Å². The van der Waals surface area contributed by atoms with E-state index in [-0.39, 0.29) is 24.2 Å². The van der Waals surface area contributed by atoms with Crippen LogP contribution in [0.25, 0.3) is 5.69 Å². The van der Waals surface area contributed by atoms with Gasteiger partial charge in [0, 0.05) is 0 Å². The van der Waals surface area contributed by atoms with Crippen LogP contribution in [0.5, 0.6) is 5.75 Å². The Morgan fingerprint density at radius 1 is 1.33 bits per heavy atom. The molecule has 0 aliphatic rings. The maximum absolute atomic E-state index is 12.5. The van der Waals surface area contributed by atoms with Crippen molar-refractivity contribution in [3.05, 3.63) is 42.2 Å². The van der Waals surface area contributed by atoms with Crippen molar-refractivity contribution >= 4 is 5.91 Å². The standard InChI is InChI=1S/C18H25N3O3/c1-4-14(11-22)19-18(23)17-16(24-12-13(2)3)10-21(20-17)15-8-6-5-7-9-15/h5-10,13-14,22H,4,11-12H2,1-3H3,(H,19,23). The van der Waals surface area contributed by atoms with E-state index in [1.54, 1.807) is 10.9 Å². The van der Waals surface area contributed by atoms with Crippen LogP contribution in [-0.2, 0) is 0 Å². The summed E-state index contributed by atoms with van der Waals surface area (Å²) in [6.07, 6.45) is 2.36. The van der Waals surface area contributed by atoms with Gasteiger partial charge in [0.25, 0.3) is 5.91 Å². The molecule has 1 amide bonds. The topological polar surface area (TPSA) is 76.4 Å². The highest BCUT2D eigenvalue weighted by molar-refractivity contribution is 5.95. The summed E-state index contributed by atoms with van der Waals surface area (Å²) in [5, 5.41) is 16.4. The molecule has 0 fully saturated rings. The quantitative estimate of drug-likeness (QED) is 0.779. The fourth-order valence-corrected chi connectivity index (χ4v) is 2.12. The van der Waals surface area contributed by atoms with Crippen molar-refractivity contribution in [2.75, 3.05) is 13.2 Å². The zero-order chi connectivity index (χ0) is 17.5. The van der Waals surface area contributed by atoms with Crippen LogP contribution >= 0.6 is 0 Å². The fourth-order valence-electron chi connectivity index (χ4n) is 2.12. The second-order valence-corrected chi connectivity index (χ2v) is 6.09. The lowest BCUT2D eigenvalue weighted by atomic mass is 10.2. The van der Waals surface area contributed by atoms with Crippen LogP contribution in [-0.4, -0.2) is 40.0 Å². The van der Waals surface area contributed by atoms with E-state index >= 15 is 0 Å². The number of hydrogen-bond donors (Lipinski definition) is 2. The Morgan fingerprint density at radius 3 is 2.62 bits per heavy atom. The van der Waals surface area contributed by atoms with E-state index in [4.69, 9.17) is 4.74 Å². The van der Waals surface area contributed by atoms with Crippen LogP contribution in [0.2, 0.25) is 0 Å². The minimum Gasteiger partial charge on any atom is -0.489 e. The molecule has 0 aliphatic carbocycles. The molecule has 1 heterocycles. The summed E-state index contributed by atoms with van der Waals surface area (Å²) in [6.45, 7) is 6.38. The number of amides is 1. The molecule has 1 aromatic heterocycles. The number of nitrogens with one attached hydrogen (secondary N) is 1. The van der Waals surface area contributed by atoms with Gasteiger partial charge in [-0.3, -0.25) is 4.79 Å². The maximum Gasteiger partial charge on any atom is 0.275 e. The first-order chi connectivity index (χ1) is 11.5. The van der Waals surface area contributed by atoms with Crippen molar-refractivity contribution < 1.29 is 14.6 Å². The van der Waals surface area contributed by atoms with E-state index < -0.39 is 0 Å². The molecule has 6 heteroatoms. The Hall–Kier alpha value is -2.34. The molecule has 0 bridgehead atoms. The van der Waals surface area contributed by atoms with Crippen molar-refractivity contribution in [1.29, 1.82) is 0 Å². The van der Waals surface area contributed by atoms with E-state index in [0.29, 0.717) is 24.7 Å². The summed E-state index contributed by atoms with van der Waals surface area (Å²) in [5.74, 6) is 0.434. The molecule has 1 aromatic carbocycles. The van der Waals surface area contributed by atoms with E-state index in [1.807, 2.05) is 51.1 Å². The zero-order valence-corrected chi connectivity index (χ0v) is 14.4. The smallest absolute Gasteiger partial charge is 0.275 e. The zero-order valence-electron chi connectivity index (χ0n) is 14.4. The normalized spacial score (nSPS) is 12.2. The number of carbonyl (C=O) groups is 1. The Labute approximate surface area is 142 Å². The number of rotatable bonds is 8. The lowest BCUT2D eigenvalue weighted by Crippen LogP contribution is -2.37. The van der Waals surface area contributed by atoms with Gasteiger partial charge in [0.15, 0.2) is 11.4 Å². The molecule has 0 saturated carbocycles.